The van der Waals surface area contributed by atoms with Crippen molar-refractivity contribution in [3.05, 3.63) is 0 Å². The van der Waals surface area contributed by atoms with Gasteiger partial charge in [-0.15, -0.1) is 0 Å². The lowest BCUT2D eigenvalue weighted by Gasteiger charge is -2.21. The SMILES string of the molecule is COCCNC(=O)C1(C(=O)NC2CCCCCC2)CC1. The van der Waals surface area contributed by atoms with Crippen molar-refractivity contribution >= 4 is 11.8 Å². The molecule has 2 saturated carbocycles. The smallest absolute Gasteiger partial charge is 0.235 e. The summed E-state index contributed by atoms with van der Waals surface area (Å²) in [5, 5.41) is 5.89. The Bertz CT molecular complexity index is 345. The zero-order chi connectivity index (χ0) is 14.4. The van der Waals surface area contributed by atoms with Gasteiger partial charge in [0.15, 0.2) is 0 Å². The Kier molecular flexibility index (Phi) is 5.40. The molecule has 0 spiro atoms. The molecule has 0 heterocycles. The van der Waals surface area contributed by atoms with E-state index in [2.05, 4.69) is 10.6 Å². The van der Waals surface area contributed by atoms with Crippen molar-refractivity contribution in [1.29, 1.82) is 0 Å². The molecule has 2 amide bonds. The van der Waals surface area contributed by atoms with Gasteiger partial charge in [-0.2, -0.15) is 0 Å². The van der Waals surface area contributed by atoms with Gasteiger partial charge >= 0.3 is 0 Å². The maximum Gasteiger partial charge on any atom is 0.235 e. The van der Waals surface area contributed by atoms with Gasteiger partial charge in [-0.3, -0.25) is 9.59 Å². The Morgan fingerprint density at radius 3 is 2.30 bits per heavy atom. The minimum atomic E-state index is -0.792. The summed E-state index contributed by atoms with van der Waals surface area (Å²) in [7, 11) is 1.60. The molecule has 20 heavy (non-hydrogen) atoms. The molecular weight excluding hydrogens is 256 g/mol. The lowest BCUT2D eigenvalue weighted by atomic mass is 10.0. The molecule has 2 N–H and O–H groups in total. The van der Waals surface area contributed by atoms with E-state index in [0.29, 0.717) is 26.0 Å². The van der Waals surface area contributed by atoms with Crippen LogP contribution in [0, 0.1) is 5.41 Å². The monoisotopic (exact) mass is 282 g/mol. The number of hydrogen-bond donors (Lipinski definition) is 2. The van der Waals surface area contributed by atoms with Crippen LogP contribution >= 0.6 is 0 Å². The molecule has 2 aliphatic carbocycles. The summed E-state index contributed by atoms with van der Waals surface area (Å²) in [6.45, 7) is 0.944. The molecule has 0 unspecified atom stereocenters. The van der Waals surface area contributed by atoms with E-state index in [0.717, 1.165) is 12.8 Å². The molecule has 0 aromatic heterocycles. The Morgan fingerprint density at radius 1 is 1.10 bits per heavy atom. The molecule has 2 aliphatic rings. The van der Waals surface area contributed by atoms with Gasteiger partial charge in [0.25, 0.3) is 0 Å². The summed E-state index contributed by atoms with van der Waals surface area (Å²) in [4.78, 5) is 24.5. The van der Waals surface area contributed by atoms with E-state index in [4.69, 9.17) is 4.74 Å². The van der Waals surface area contributed by atoms with Crippen LogP contribution in [0.5, 0.6) is 0 Å². The standard InChI is InChI=1S/C15H26N2O3/c1-20-11-10-16-13(18)15(8-9-15)14(19)17-12-6-4-2-3-5-7-12/h12H,2-11H2,1H3,(H,16,18)(H,17,19). The number of nitrogens with one attached hydrogen (secondary N) is 2. The van der Waals surface area contributed by atoms with Crippen LogP contribution in [0.2, 0.25) is 0 Å². The molecule has 0 bridgehead atoms. The van der Waals surface area contributed by atoms with Crippen molar-refractivity contribution in [1.82, 2.24) is 10.6 Å². The largest absolute Gasteiger partial charge is 0.383 e. The van der Waals surface area contributed by atoms with Crippen molar-refractivity contribution in [2.75, 3.05) is 20.3 Å². The minimum Gasteiger partial charge on any atom is -0.383 e. The van der Waals surface area contributed by atoms with Gasteiger partial charge in [0, 0.05) is 19.7 Å². The van der Waals surface area contributed by atoms with Crippen LogP contribution in [0.1, 0.15) is 51.4 Å². The summed E-state index contributed by atoms with van der Waals surface area (Å²) >= 11 is 0. The van der Waals surface area contributed by atoms with Crippen LogP contribution in [0.25, 0.3) is 0 Å². The number of ether oxygens (including phenoxy) is 1. The third-order valence-corrected chi connectivity index (χ3v) is 4.40. The third-order valence-electron chi connectivity index (χ3n) is 4.40. The van der Waals surface area contributed by atoms with Crippen LogP contribution in [-0.4, -0.2) is 38.1 Å². The predicted molar refractivity (Wildman–Crippen MR) is 76.2 cm³/mol. The van der Waals surface area contributed by atoms with Crippen molar-refractivity contribution in [3.8, 4) is 0 Å². The van der Waals surface area contributed by atoms with E-state index in [9.17, 15) is 9.59 Å². The summed E-state index contributed by atoms with van der Waals surface area (Å²) < 4.78 is 4.91. The zero-order valence-corrected chi connectivity index (χ0v) is 12.4. The van der Waals surface area contributed by atoms with E-state index >= 15 is 0 Å². The highest BCUT2D eigenvalue weighted by atomic mass is 16.5. The second-order valence-electron chi connectivity index (χ2n) is 5.99. The maximum atomic E-state index is 12.4. The molecule has 5 nitrogen and oxygen atoms in total. The fourth-order valence-electron chi connectivity index (χ4n) is 2.87. The number of amides is 2. The fraction of sp³-hybridized carbons (Fsp3) is 0.867. The van der Waals surface area contributed by atoms with E-state index in [-0.39, 0.29) is 17.9 Å². The lowest BCUT2D eigenvalue weighted by molar-refractivity contribution is -0.137. The second-order valence-corrected chi connectivity index (χ2v) is 5.99. The Balaban J connectivity index is 1.82. The van der Waals surface area contributed by atoms with E-state index < -0.39 is 5.41 Å². The molecule has 0 saturated heterocycles. The second kappa shape index (κ2) is 7.07. The summed E-state index contributed by atoms with van der Waals surface area (Å²) in [6, 6.07) is 0.259. The molecule has 0 aromatic rings. The quantitative estimate of drug-likeness (QED) is 0.439. The topological polar surface area (TPSA) is 67.4 Å². The number of methoxy groups -OCH3 is 1. The van der Waals surface area contributed by atoms with E-state index in [1.54, 1.807) is 7.11 Å². The summed E-state index contributed by atoms with van der Waals surface area (Å²) in [5.41, 5.74) is -0.792. The average Bonchev–Trinajstić information content (AvgIpc) is 3.24. The Labute approximate surface area is 120 Å². The number of rotatable bonds is 6. The minimum absolute atomic E-state index is 0.0701. The van der Waals surface area contributed by atoms with Gasteiger partial charge in [0.1, 0.15) is 5.41 Å². The van der Waals surface area contributed by atoms with Gasteiger partial charge in [0.2, 0.25) is 11.8 Å². The van der Waals surface area contributed by atoms with Crippen molar-refractivity contribution < 1.29 is 14.3 Å². The van der Waals surface area contributed by atoms with E-state index in [1.807, 2.05) is 0 Å². The van der Waals surface area contributed by atoms with Crippen LogP contribution in [0.15, 0.2) is 0 Å². The summed E-state index contributed by atoms with van der Waals surface area (Å²) in [6.07, 6.45) is 8.31. The van der Waals surface area contributed by atoms with Crippen molar-refractivity contribution in [2.24, 2.45) is 5.41 Å². The molecule has 0 aromatic carbocycles. The van der Waals surface area contributed by atoms with Gasteiger partial charge in [-0.05, 0) is 25.7 Å². The van der Waals surface area contributed by atoms with E-state index in [1.165, 1.54) is 25.7 Å². The first-order valence-electron chi connectivity index (χ1n) is 7.77. The van der Waals surface area contributed by atoms with Gasteiger partial charge < -0.3 is 15.4 Å². The molecule has 2 rings (SSSR count). The number of carbonyl (C=O) groups is 2. The predicted octanol–water partition coefficient (Wildman–Crippen LogP) is 1.37. The van der Waals surface area contributed by atoms with Crippen LogP contribution in [-0.2, 0) is 14.3 Å². The molecular formula is C15H26N2O3. The van der Waals surface area contributed by atoms with Crippen molar-refractivity contribution in [2.45, 2.75) is 57.4 Å². The molecule has 0 atom stereocenters. The normalized spacial score (nSPS) is 21.9. The van der Waals surface area contributed by atoms with Gasteiger partial charge in [-0.1, -0.05) is 25.7 Å². The van der Waals surface area contributed by atoms with Crippen LogP contribution < -0.4 is 10.6 Å². The first-order valence-corrected chi connectivity index (χ1v) is 7.77. The zero-order valence-electron chi connectivity index (χ0n) is 12.4. The first-order chi connectivity index (χ1) is 9.69. The van der Waals surface area contributed by atoms with Crippen LogP contribution in [0.3, 0.4) is 0 Å². The molecule has 114 valence electrons. The highest BCUT2D eigenvalue weighted by molar-refractivity contribution is 6.07. The third kappa shape index (κ3) is 3.72. The highest BCUT2D eigenvalue weighted by Crippen LogP contribution is 2.46. The number of carbonyl (C=O) groups excluding carboxylic acids is 2. The van der Waals surface area contributed by atoms with Crippen LogP contribution in [0.4, 0.5) is 0 Å². The van der Waals surface area contributed by atoms with Gasteiger partial charge in [0.05, 0.1) is 6.61 Å². The Morgan fingerprint density at radius 2 is 1.75 bits per heavy atom. The number of hydrogen-bond acceptors (Lipinski definition) is 3. The average molecular weight is 282 g/mol. The van der Waals surface area contributed by atoms with Crippen molar-refractivity contribution in [3.63, 3.8) is 0 Å². The molecule has 0 radical (unpaired) electrons. The molecule has 0 aliphatic heterocycles. The summed E-state index contributed by atoms with van der Waals surface area (Å²) in [5.74, 6) is -0.208. The molecule has 2 fully saturated rings. The van der Waals surface area contributed by atoms with Gasteiger partial charge in [-0.25, -0.2) is 0 Å². The maximum absolute atomic E-state index is 12.4. The Hall–Kier alpha value is -1.10. The highest BCUT2D eigenvalue weighted by Gasteiger charge is 2.56. The first kappa shape index (κ1) is 15.3. The molecule has 5 heteroatoms. The fourth-order valence-corrected chi connectivity index (χ4v) is 2.87. The lowest BCUT2D eigenvalue weighted by Crippen LogP contribution is -2.47.